The second kappa shape index (κ2) is 4.12. The lowest BCUT2D eigenvalue weighted by atomic mass is 9.82. The van der Waals surface area contributed by atoms with Gasteiger partial charge < -0.3 is 9.84 Å². The lowest BCUT2D eigenvalue weighted by Gasteiger charge is -2.22. The van der Waals surface area contributed by atoms with Crippen LogP contribution in [0.3, 0.4) is 0 Å². The average Bonchev–Trinajstić information content (AvgIpc) is 2.43. The van der Waals surface area contributed by atoms with Gasteiger partial charge in [-0.15, -0.1) is 0 Å². The first-order valence-electron chi connectivity index (χ1n) is 6.15. The van der Waals surface area contributed by atoms with E-state index in [4.69, 9.17) is 4.74 Å². The quantitative estimate of drug-likeness (QED) is 0.726. The number of hydrogen-bond donors (Lipinski definition) is 1. The minimum absolute atomic E-state index is 0.0307. The monoisotopic (exact) mass is 254 g/mol. The summed E-state index contributed by atoms with van der Waals surface area (Å²) in [6, 6.07) is 9.09. The van der Waals surface area contributed by atoms with Crippen molar-refractivity contribution in [3.8, 4) is 11.5 Å². The van der Waals surface area contributed by atoms with Crippen LogP contribution in [-0.2, 0) is 6.42 Å². The van der Waals surface area contributed by atoms with E-state index >= 15 is 0 Å². The molecule has 0 amide bonds. The molecule has 0 radical (unpaired) electrons. The smallest absolute Gasteiger partial charge is 0.197 e. The van der Waals surface area contributed by atoms with Gasteiger partial charge in [-0.1, -0.05) is 24.3 Å². The van der Waals surface area contributed by atoms with Crippen LogP contribution in [0, 0.1) is 6.92 Å². The Hall–Kier alpha value is -2.29. The normalized spacial score (nSPS) is 12.8. The third-order valence-corrected chi connectivity index (χ3v) is 3.73. The molecule has 2 aromatic rings. The molecule has 0 heterocycles. The Bertz CT molecular complexity index is 687. The van der Waals surface area contributed by atoms with Crippen molar-refractivity contribution in [1.82, 2.24) is 0 Å². The molecule has 0 saturated carbocycles. The van der Waals surface area contributed by atoms with Crippen molar-refractivity contribution in [2.24, 2.45) is 0 Å². The number of ketones is 1. The summed E-state index contributed by atoms with van der Waals surface area (Å²) >= 11 is 0. The highest BCUT2D eigenvalue weighted by molar-refractivity contribution is 6.14. The predicted octanol–water partition coefficient (Wildman–Crippen LogP) is 2.84. The molecule has 2 aromatic carbocycles. The lowest BCUT2D eigenvalue weighted by Crippen LogP contribution is -2.17. The molecule has 1 N–H and O–H groups in total. The molecule has 3 heteroatoms. The van der Waals surface area contributed by atoms with Crippen LogP contribution in [0.4, 0.5) is 0 Å². The van der Waals surface area contributed by atoms with E-state index in [1.165, 1.54) is 13.2 Å². The predicted molar refractivity (Wildman–Crippen MR) is 72.1 cm³/mol. The Morgan fingerprint density at radius 1 is 1.26 bits per heavy atom. The molecular weight excluding hydrogens is 240 g/mol. The second-order valence-electron chi connectivity index (χ2n) is 4.74. The summed E-state index contributed by atoms with van der Waals surface area (Å²) < 4.78 is 5.25. The summed E-state index contributed by atoms with van der Waals surface area (Å²) in [5.41, 5.74) is 3.91. The van der Waals surface area contributed by atoms with Crippen molar-refractivity contribution in [2.75, 3.05) is 7.11 Å². The van der Waals surface area contributed by atoms with Crippen LogP contribution >= 0.6 is 0 Å². The first-order chi connectivity index (χ1) is 9.13. The summed E-state index contributed by atoms with van der Waals surface area (Å²) in [6.45, 7) is 1.83. The minimum Gasteiger partial charge on any atom is -0.508 e. The molecule has 3 rings (SSSR count). The summed E-state index contributed by atoms with van der Waals surface area (Å²) in [5, 5.41) is 9.93. The lowest BCUT2D eigenvalue weighted by molar-refractivity contribution is 0.103. The fourth-order valence-electron chi connectivity index (χ4n) is 2.65. The molecule has 0 aliphatic heterocycles. The number of fused-ring (bicyclic) bond motifs is 2. The van der Waals surface area contributed by atoms with Gasteiger partial charge in [0.25, 0.3) is 0 Å². The van der Waals surface area contributed by atoms with Crippen molar-refractivity contribution >= 4 is 5.78 Å². The Kier molecular flexibility index (Phi) is 2.56. The standard InChI is InChI=1S/C16H14O3/c1-9-12-7-10-5-3-4-6-11(10)16(18)15(12)14(19-2)8-13(9)17/h3-6,8,17H,7H2,1-2H3. The van der Waals surface area contributed by atoms with Crippen LogP contribution in [0.1, 0.15) is 32.6 Å². The molecule has 0 bridgehead atoms. The van der Waals surface area contributed by atoms with Crippen molar-refractivity contribution in [1.29, 1.82) is 0 Å². The maximum absolute atomic E-state index is 12.6. The first kappa shape index (κ1) is 11.8. The Morgan fingerprint density at radius 2 is 2.00 bits per heavy atom. The van der Waals surface area contributed by atoms with E-state index in [9.17, 15) is 9.90 Å². The van der Waals surface area contributed by atoms with Crippen LogP contribution in [0.25, 0.3) is 0 Å². The van der Waals surface area contributed by atoms with Gasteiger partial charge in [0.05, 0.1) is 12.7 Å². The number of phenolic OH excluding ortho intramolecular Hbond substituents is 1. The number of aromatic hydroxyl groups is 1. The highest BCUT2D eigenvalue weighted by Gasteiger charge is 2.28. The number of carbonyl (C=O) groups is 1. The largest absolute Gasteiger partial charge is 0.508 e. The molecule has 0 aromatic heterocycles. The van der Waals surface area contributed by atoms with Gasteiger partial charge in [-0.05, 0) is 30.0 Å². The molecule has 3 nitrogen and oxygen atoms in total. The molecule has 1 aliphatic carbocycles. The van der Waals surface area contributed by atoms with Crippen LogP contribution in [0.5, 0.6) is 11.5 Å². The van der Waals surface area contributed by atoms with Crippen LogP contribution in [0.15, 0.2) is 30.3 Å². The highest BCUT2D eigenvalue weighted by Crippen LogP contribution is 2.38. The van der Waals surface area contributed by atoms with Gasteiger partial charge >= 0.3 is 0 Å². The fourth-order valence-corrected chi connectivity index (χ4v) is 2.65. The van der Waals surface area contributed by atoms with Crippen LogP contribution in [-0.4, -0.2) is 18.0 Å². The number of phenols is 1. The number of carbonyl (C=O) groups excluding carboxylic acids is 1. The van der Waals surface area contributed by atoms with Gasteiger partial charge in [0.15, 0.2) is 5.78 Å². The number of methoxy groups -OCH3 is 1. The molecule has 1 aliphatic rings. The molecule has 0 atom stereocenters. The summed E-state index contributed by atoms with van der Waals surface area (Å²) in [5.74, 6) is 0.581. The van der Waals surface area contributed by atoms with Gasteiger partial charge in [-0.25, -0.2) is 0 Å². The maximum atomic E-state index is 12.6. The summed E-state index contributed by atoms with van der Waals surface area (Å²) in [4.78, 5) is 12.6. The SMILES string of the molecule is COc1cc(O)c(C)c2c1C(=O)c1ccccc1C2. The topological polar surface area (TPSA) is 46.5 Å². The van der Waals surface area contributed by atoms with Gasteiger partial charge in [0, 0.05) is 11.6 Å². The van der Waals surface area contributed by atoms with Gasteiger partial charge in [0.2, 0.25) is 0 Å². The zero-order valence-corrected chi connectivity index (χ0v) is 10.9. The van der Waals surface area contributed by atoms with Gasteiger partial charge in [-0.2, -0.15) is 0 Å². The van der Waals surface area contributed by atoms with E-state index in [1.807, 2.05) is 31.2 Å². The van der Waals surface area contributed by atoms with E-state index in [0.29, 0.717) is 17.7 Å². The fraction of sp³-hybridized carbons (Fsp3) is 0.188. The number of rotatable bonds is 1. The van der Waals surface area contributed by atoms with Crippen molar-refractivity contribution in [3.05, 3.63) is 58.1 Å². The molecule has 0 spiro atoms. The Labute approximate surface area is 111 Å². The molecule has 0 unspecified atom stereocenters. The Balaban J connectivity index is 2.31. The van der Waals surface area contributed by atoms with Crippen molar-refractivity contribution in [3.63, 3.8) is 0 Å². The van der Waals surface area contributed by atoms with E-state index in [2.05, 4.69) is 0 Å². The number of ether oxygens (including phenoxy) is 1. The molecule has 19 heavy (non-hydrogen) atoms. The Morgan fingerprint density at radius 3 is 2.74 bits per heavy atom. The zero-order valence-electron chi connectivity index (χ0n) is 10.9. The first-order valence-corrected chi connectivity index (χ1v) is 6.15. The third kappa shape index (κ3) is 1.62. The molecule has 96 valence electrons. The van der Waals surface area contributed by atoms with E-state index < -0.39 is 0 Å². The third-order valence-electron chi connectivity index (χ3n) is 3.73. The zero-order chi connectivity index (χ0) is 13.6. The highest BCUT2D eigenvalue weighted by atomic mass is 16.5. The average molecular weight is 254 g/mol. The van der Waals surface area contributed by atoms with Gasteiger partial charge in [-0.3, -0.25) is 4.79 Å². The van der Waals surface area contributed by atoms with Crippen molar-refractivity contribution in [2.45, 2.75) is 13.3 Å². The van der Waals surface area contributed by atoms with E-state index in [-0.39, 0.29) is 11.5 Å². The summed E-state index contributed by atoms with van der Waals surface area (Å²) in [7, 11) is 1.51. The van der Waals surface area contributed by atoms with Crippen molar-refractivity contribution < 1.29 is 14.6 Å². The number of benzene rings is 2. The minimum atomic E-state index is -0.0307. The maximum Gasteiger partial charge on any atom is 0.197 e. The van der Waals surface area contributed by atoms with E-state index in [0.717, 1.165) is 22.3 Å². The molecular formula is C16H14O3. The van der Waals surface area contributed by atoms with Crippen LogP contribution in [0.2, 0.25) is 0 Å². The van der Waals surface area contributed by atoms with E-state index in [1.54, 1.807) is 0 Å². The molecule has 0 fully saturated rings. The summed E-state index contributed by atoms with van der Waals surface area (Å²) in [6.07, 6.45) is 0.647. The number of hydrogen-bond acceptors (Lipinski definition) is 3. The van der Waals surface area contributed by atoms with Gasteiger partial charge in [0.1, 0.15) is 11.5 Å². The second-order valence-corrected chi connectivity index (χ2v) is 4.74. The molecule has 0 saturated heterocycles. The van der Waals surface area contributed by atoms with Crippen LogP contribution < -0.4 is 4.74 Å².